The van der Waals surface area contributed by atoms with Crippen molar-refractivity contribution >= 4 is 0 Å². The van der Waals surface area contributed by atoms with E-state index in [-0.39, 0.29) is 0 Å². The van der Waals surface area contributed by atoms with Crippen LogP contribution in [0, 0.1) is 0 Å². The Hall–Kier alpha value is -1.84. The summed E-state index contributed by atoms with van der Waals surface area (Å²) in [4.78, 5) is 2.51. The van der Waals surface area contributed by atoms with E-state index in [0.29, 0.717) is 0 Å². The van der Waals surface area contributed by atoms with Crippen LogP contribution in [0.5, 0.6) is 5.75 Å². The molecule has 1 aliphatic rings. The number of methoxy groups -OCH3 is 1. The third-order valence-electron chi connectivity index (χ3n) is 4.33. The molecule has 116 valence electrons. The zero-order valence-electron chi connectivity index (χ0n) is 13.4. The highest BCUT2D eigenvalue weighted by molar-refractivity contribution is 5.38. The normalized spacial score (nSPS) is 14.6. The molecule has 0 aromatic heterocycles. The molecule has 3 rings (SSSR count). The van der Waals surface area contributed by atoms with Crippen molar-refractivity contribution in [1.29, 1.82) is 0 Å². The quantitative estimate of drug-likeness (QED) is 0.918. The van der Waals surface area contributed by atoms with Gasteiger partial charge in [0.15, 0.2) is 0 Å². The van der Waals surface area contributed by atoms with Crippen LogP contribution >= 0.6 is 0 Å². The van der Waals surface area contributed by atoms with Crippen LogP contribution in [0.2, 0.25) is 0 Å². The lowest BCUT2D eigenvalue weighted by molar-refractivity contribution is 0.245. The van der Waals surface area contributed by atoms with Gasteiger partial charge in [-0.25, -0.2) is 0 Å². The lowest BCUT2D eigenvalue weighted by atomic mass is 9.99. The SMILES string of the molecule is CNCc1ccc(CN2CCc3ccccc3C2)cc1OC. The fourth-order valence-corrected chi connectivity index (χ4v) is 3.17. The molecule has 0 saturated heterocycles. The van der Waals surface area contributed by atoms with Gasteiger partial charge in [0.2, 0.25) is 0 Å². The van der Waals surface area contributed by atoms with Gasteiger partial charge in [-0.05, 0) is 36.2 Å². The molecule has 2 aromatic rings. The van der Waals surface area contributed by atoms with Crippen LogP contribution in [0.15, 0.2) is 42.5 Å². The molecule has 0 fully saturated rings. The predicted molar refractivity (Wildman–Crippen MR) is 90.0 cm³/mol. The van der Waals surface area contributed by atoms with E-state index < -0.39 is 0 Å². The molecule has 0 amide bonds. The zero-order valence-corrected chi connectivity index (χ0v) is 13.4. The molecule has 0 radical (unpaired) electrons. The van der Waals surface area contributed by atoms with E-state index in [1.165, 1.54) is 22.3 Å². The van der Waals surface area contributed by atoms with Crippen LogP contribution in [0.3, 0.4) is 0 Å². The van der Waals surface area contributed by atoms with Crippen molar-refractivity contribution in [3.05, 3.63) is 64.7 Å². The van der Waals surface area contributed by atoms with Crippen LogP contribution in [0.1, 0.15) is 22.3 Å². The van der Waals surface area contributed by atoms with E-state index in [2.05, 4.69) is 52.7 Å². The molecular weight excluding hydrogens is 272 g/mol. The summed E-state index contributed by atoms with van der Waals surface area (Å²) in [6.07, 6.45) is 1.14. The van der Waals surface area contributed by atoms with Crippen LogP contribution < -0.4 is 10.1 Å². The van der Waals surface area contributed by atoms with Gasteiger partial charge < -0.3 is 10.1 Å². The number of rotatable bonds is 5. The van der Waals surface area contributed by atoms with Crippen molar-refractivity contribution in [2.24, 2.45) is 0 Å². The van der Waals surface area contributed by atoms with Gasteiger partial charge in [-0.1, -0.05) is 36.4 Å². The van der Waals surface area contributed by atoms with Gasteiger partial charge in [0.25, 0.3) is 0 Å². The molecule has 1 N–H and O–H groups in total. The number of hydrogen-bond donors (Lipinski definition) is 1. The number of nitrogens with zero attached hydrogens (tertiary/aromatic N) is 1. The summed E-state index contributed by atoms with van der Waals surface area (Å²) >= 11 is 0. The summed E-state index contributed by atoms with van der Waals surface area (Å²) in [6.45, 7) is 3.97. The van der Waals surface area contributed by atoms with Crippen molar-refractivity contribution in [2.75, 3.05) is 20.7 Å². The summed E-state index contributed by atoms with van der Waals surface area (Å²) in [5.41, 5.74) is 5.49. The molecule has 0 unspecified atom stereocenters. The Bertz CT molecular complexity index is 639. The Balaban J connectivity index is 1.71. The third kappa shape index (κ3) is 3.32. The van der Waals surface area contributed by atoms with E-state index >= 15 is 0 Å². The van der Waals surface area contributed by atoms with E-state index in [4.69, 9.17) is 4.74 Å². The van der Waals surface area contributed by atoms with Gasteiger partial charge in [-0.15, -0.1) is 0 Å². The van der Waals surface area contributed by atoms with Crippen LogP contribution in [-0.2, 0) is 26.1 Å². The number of ether oxygens (including phenoxy) is 1. The van der Waals surface area contributed by atoms with Crippen molar-refractivity contribution < 1.29 is 4.74 Å². The Morgan fingerprint density at radius 3 is 2.73 bits per heavy atom. The highest BCUT2D eigenvalue weighted by Crippen LogP contribution is 2.24. The topological polar surface area (TPSA) is 24.5 Å². The second-order valence-corrected chi connectivity index (χ2v) is 5.91. The first-order chi connectivity index (χ1) is 10.8. The van der Waals surface area contributed by atoms with E-state index in [0.717, 1.165) is 38.3 Å². The first-order valence-electron chi connectivity index (χ1n) is 7.89. The average Bonchev–Trinajstić information content (AvgIpc) is 2.56. The summed E-state index contributed by atoms with van der Waals surface area (Å²) in [5.74, 6) is 0.976. The lowest BCUT2D eigenvalue weighted by Crippen LogP contribution is -2.30. The maximum atomic E-state index is 5.53. The molecule has 0 saturated carbocycles. The highest BCUT2D eigenvalue weighted by atomic mass is 16.5. The Morgan fingerprint density at radius 2 is 1.95 bits per heavy atom. The molecule has 2 aromatic carbocycles. The molecule has 3 heteroatoms. The minimum Gasteiger partial charge on any atom is -0.496 e. The van der Waals surface area contributed by atoms with Crippen LogP contribution in [-0.4, -0.2) is 25.6 Å². The van der Waals surface area contributed by atoms with E-state index in [1.807, 2.05) is 7.05 Å². The molecular formula is C19H24N2O. The van der Waals surface area contributed by atoms with Gasteiger partial charge in [-0.2, -0.15) is 0 Å². The highest BCUT2D eigenvalue weighted by Gasteiger charge is 2.16. The van der Waals surface area contributed by atoms with Crippen LogP contribution in [0.25, 0.3) is 0 Å². The summed E-state index contributed by atoms with van der Waals surface area (Å²) in [7, 11) is 3.70. The monoisotopic (exact) mass is 296 g/mol. The largest absolute Gasteiger partial charge is 0.496 e. The molecule has 0 atom stereocenters. The molecule has 0 spiro atoms. The Morgan fingerprint density at radius 1 is 1.14 bits per heavy atom. The smallest absolute Gasteiger partial charge is 0.123 e. The fraction of sp³-hybridized carbons (Fsp3) is 0.368. The van der Waals surface area contributed by atoms with Crippen LogP contribution in [0.4, 0.5) is 0 Å². The number of fused-ring (bicyclic) bond motifs is 1. The number of nitrogens with one attached hydrogen (secondary N) is 1. The molecule has 1 aliphatic heterocycles. The van der Waals surface area contributed by atoms with Crippen molar-refractivity contribution in [2.45, 2.75) is 26.1 Å². The van der Waals surface area contributed by atoms with Crippen molar-refractivity contribution in [3.63, 3.8) is 0 Å². The van der Waals surface area contributed by atoms with Gasteiger partial charge >= 0.3 is 0 Å². The van der Waals surface area contributed by atoms with Gasteiger partial charge in [0, 0.05) is 31.7 Å². The van der Waals surface area contributed by atoms with Gasteiger partial charge in [-0.3, -0.25) is 4.90 Å². The number of benzene rings is 2. The molecule has 1 heterocycles. The second kappa shape index (κ2) is 6.95. The minimum absolute atomic E-state index is 0.834. The van der Waals surface area contributed by atoms with Gasteiger partial charge in [0.05, 0.1) is 7.11 Å². The predicted octanol–water partition coefficient (Wildman–Crippen LogP) is 2.97. The summed E-state index contributed by atoms with van der Waals surface area (Å²) in [5, 5.41) is 3.18. The average molecular weight is 296 g/mol. The molecule has 3 nitrogen and oxygen atoms in total. The second-order valence-electron chi connectivity index (χ2n) is 5.91. The molecule has 0 aliphatic carbocycles. The summed E-state index contributed by atoms with van der Waals surface area (Å²) < 4.78 is 5.53. The maximum Gasteiger partial charge on any atom is 0.123 e. The maximum absolute atomic E-state index is 5.53. The number of hydrogen-bond acceptors (Lipinski definition) is 3. The zero-order chi connectivity index (χ0) is 15.4. The van der Waals surface area contributed by atoms with Crippen molar-refractivity contribution in [1.82, 2.24) is 10.2 Å². The molecule has 0 bridgehead atoms. The third-order valence-corrected chi connectivity index (χ3v) is 4.33. The lowest BCUT2D eigenvalue weighted by Gasteiger charge is -2.29. The fourth-order valence-electron chi connectivity index (χ4n) is 3.17. The standard InChI is InChI=1S/C19H24N2O/c1-20-12-17-8-7-15(11-19(17)22-2)13-21-10-9-16-5-3-4-6-18(16)14-21/h3-8,11,20H,9-10,12-14H2,1-2H3. The Labute approximate surface area is 132 Å². The summed E-state index contributed by atoms with van der Waals surface area (Å²) in [6, 6.07) is 15.3. The van der Waals surface area contributed by atoms with Gasteiger partial charge in [0.1, 0.15) is 5.75 Å². The van der Waals surface area contributed by atoms with E-state index in [9.17, 15) is 0 Å². The first-order valence-corrected chi connectivity index (χ1v) is 7.89. The first kappa shape index (κ1) is 15.1. The van der Waals surface area contributed by atoms with E-state index in [1.54, 1.807) is 7.11 Å². The minimum atomic E-state index is 0.834. The van der Waals surface area contributed by atoms with Crippen molar-refractivity contribution in [3.8, 4) is 5.75 Å². The Kier molecular flexibility index (Phi) is 4.76. The molecule has 22 heavy (non-hydrogen) atoms.